The second kappa shape index (κ2) is 7.20. The number of aromatic nitrogens is 3. The summed E-state index contributed by atoms with van der Waals surface area (Å²) >= 11 is 0. The Morgan fingerprint density at radius 3 is 2.73 bits per heavy atom. The smallest absolute Gasteiger partial charge is 0.215 e. The van der Waals surface area contributed by atoms with Gasteiger partial charge in [-0.25, -0.2) is 18.1 Å². The van der Waals surface area contributed by atoms with Gasteiger partial charge in [0.2, 0.25) is 10.0 Å². The first kappa shape index (κ1) is 18.6. The van der Waals surface area contributed by atoms with Crippen molar-refractivity contribution in [1.82, 2.24) is 19.9 Å². The van der Waals surface area contributed by atoms with Gasteiger partial charge in [0.15, 0.2) is 5.82 Å². The van der Waals surface area contributed by atoms with Crippen molar-refractivity contribution in [2.75, 3.05) is 11.1 Å². The van der Waals surface area contributed by atoms with E-state index in [1.807, 2.05) is 45.0 Å². The Labute approximate surface area is 154 Å². The Hall–Kier alpha value is -2.19. The van der Waals surface area contributed by atoms with Crippen LogP contribution in [0.1, 0.15) is 50.9 Å². The molecule has 1 saturated carbocycles. The molecule has 2 aromatic rings. The number of rotatable bonds is 7. The van der Waals surface area contributed by atoms with Gasteiger partial charge in [-0.1, -0.05) is 12.1 Å². The highest BCUT2D eigenvalue weighted by molar-refractivity contribution is 7.89. The third kappa shape index (κ3) is 5.67. The van der Waals surface area contributed by atoms with E-state index in [9.17, 15) is 8.42 Å². The van der Waals surface area contributed by atoms with Crippen molar-refractivity contribution in [2.24, 2.45) is 0 Å². The summed E-state index contributed by atoms with van der Waals surface area (Å²) in [6, 6.07) is 7.55. The van der Waals surface area contributed by atoms with Gasteiger partial charge in [-0.15, -0.1) is 0 Å². The summed E-state index contributed by atoms with van der Waals surface area (Å²) in [5.41, 5.74) is 1.34. The fourth-order valence-corrected chi connectivity index (χ4v) is 3.92. The number of pyridine rings is 1. The highest BCUT2D eigenvalue weighted by Gasteiger charge is 2.25. The Morgan fingerprint density at radius 1 is 1.27 bits per heavy atom. The fraction of sp³-hybridized carbons (Fsp3) is 0.444. The van der Waals surface area contributed by atoms with Gasteiger partial charge in [0.1, 0.15) is 5.82 Å². The standard InChI is InChI=1S/C18H25N5O2S/c1-18(2,3)23-26(24,25)11-5-7-14-6-4-8-16(19-14)20-17-12-15(21-22-17)13-9-10-13/h4-8,12-13,23H,9-11H2,1-3H3,(H2,19,20,21,22)/b7-5+. The van der Waals surface area contributed by atoms with E-state index in [1.54, 1.807) is 12.2 Å². The first-order valence-electron chi connectivity index (χ1n) is 8.68. The van der Waals surface area contributed by atoms with Gasteiger partial charge in [-0.2, -0.15) is 5.10 Å². The normalized spacial score (nSPS) is 15.5. The van der Waals surface area contributed by atoms with Crippen LogP contribution < -0.4 is 10.0 Å². The number of nitrogens with zero attached hydrogens (tertiary/aromatic N) is 2. The van der Waals surface area contributed by atoms with E-state index in [-0.39, 0.29) is 5.75 Å². The predicted molar refractivity (Wildman–Crippen MR) is 104 cm³/mol. The van der Waals surface area contributed by atoms with E-state index >= 15 is 0 Å². The number of hydrogen-bond acceptors (Lipinski definition) is 5. The van der Waals surface area contributed by atoms with Crippen LogP contribution in [0.15, 0.2) is 30.3 Å². The lowest BCUT2D eigenvalue weighted by molar-refractivity contribution is 0.493. The second-order valence-electron chi connectivity index (χ2n) is 7.59. The lowest BCUT2D eigenvalue weighted by atomic mass is 10.1. The van der Waals surface area contributed by atoms with Crippen LogP contribution in [0.25, 0.3) is 6.08 Å². The van der Waals surface area contributed by atoms with Gasteiger partial charge < -0.3 is 5.32 Å². The molecule has 2 heterocycles. The molecule has 3 N–H and O–H groups in total. The molecule has 140 valence electrons. The van der Waals surface area contributed by atoms with E-state index in [4.69, 9.17) is 0 Å². The van der Waals surface area contributed by atoms with Gasteiger partial charge in [0, 0.05) is 23.2 Å². The summed E-state index contributed by atoms with van der Waals surface area (Å²) in [7, 11) is -3.36. The molecule has 0 bridgehead atoms. The molecular weight excluding hydrogens is 350 g/mol. The molecule has 1 aliphatic rings. The van der Waals surface area contributed by atoms with Crippen LogP contribution in [0.5, 0.6) is 0 Å². The SMILES string of the molecule is CC(C)(C)NS(=O)(=O)C/C=C/c1cccc(Nc2cc(C3CC3)[nH]n2)n1. The van der Waals surface area contributed by atoms with Crippen LogP contribution in [0.4, 0.5) is 11.6 Å². The summed E-state index contributed by atoms with van der Waals surface area (Å²) < 4.78 is 26.6. The van der Waals surface area contributed by atoms with E-state index in [0.29, 0.717) is 17.4 Å². The fourth-order valence-electron chi connectivity index (χ4n) is 2.55. The van der Waals surface area contributed by atoms with Crippen LogP contribution >= 0.6 is 0 Å². The quantitative estimate of drug-likeness (QED) is 0.690. The summed E-state index contributed by atoms with van der Waals surface area (Å²) in [5, 5.41) is 10.5. The molecule has 0 amide bonds. The predicted octanol–water partition coefficient (Wildman–Crippen LogP) is 3.16. The van der Waals surface area contributed by atoms with E-state index in [2.05, 4.69) is 25.2 Å². The Bertz CT molecular complexity index is 892. The zero-order valence-electron chi connectivity index (χ0n) is 15.3. The molecule has 0 unspecified atom stereocenters. The number of anilines is 2. The minimum Gasteiger partial charge on any atom is -0.323 e. The van der Waals surface area contributed by atoms with Crippen molar-refractivity contribution in [3.63, 3.8) is 0 Å². The van der Waals surface area contributed by atoms with Crippen molar-refractivity contribution < 1.29 is 8.42 Å². The van der Waals surface area contributed by atoms with E-state index < -0.39 is 15.6 Å². The Kier molecular flexibility index (Phi) is 5.15. The second-order valence-corrected chi connectivity index (χ2v) is 9.36. The summed E-state index contributed by atoms with van der Waals surface area (Å²) in [4.78, 5) is 4.46. The van der Waals surface area contributed by atoms with Crippen LogP contribution in [0, 0.1) is 0 Å². The Balaban J connectivity index is 1.61. The molecule has 26 heavy (non-hydrogen) atoms. The number of sulfonamides is 1. The third-order valence-electron chi connectivity index (χ3n) is 3.71. The molecule has 1 aliphatic carbocycles. The number of nitrogens with one attached hydrogen (secondary N) is 3. The summed E-state index contributed by atoms with van der Waals surface area (Å²) in [5.74, 6) is 1.92. The Morgan fingerprint density at radius 2 is 2.04 bits per heavy atom. The van der Waals surface area contributed by atoms with Crippen LogP contribution in [-0.2, 0) is 10.0 Å². The zero-order chi connectivity index (χ0) is 18.8. The first-order valence-corrected chi connectivity index (χ1v) is 10.3. The molecule has 0 atom stereocenters. The van der Waals surface area contributed by atoms with Gasteiger partial charge in [0.25, 0.3) is 0 Å². The van der Waals surface area contributed by atoms with Crippen molar-refractivity contribution in [1.29, 1.82) is 0 Å². The molecule has 0 aliphatic heterocycles. The largest absolute Gasteiger partial charge is 0.323 e. The molecule has 0 spiro atoms. The maximum Gasteiger partial charge on any atom is 0.215 e. The van der Waals surface area contributed by atoms with Crippen LogP contribution in [0.2, 0.25) is 0 Å². The highest BCUT2D eigenvalue weighted by Crippen LogP contribution is 2.39. The van der Waals surface area contributed by atoms with Gasteiger partial charge >= 0.3 is 0 Å². The van der Waals surface area contributed by atoms with Crippen LogP contribution in [0.3, 0.4) is 0 Å². The third-order valence-corrected chi connectivity index (χ3v) is 5.26. The molecule has 0 saturated heterocycles. The van der Waals surface area contributed by atoms with Gasteiger partial charge in [-0.3, -0.25) is 5.10 Å². The lowest BCUT2D eigenvalue weighted by Crippen LogP contribution is -2.41. The van der Waals surface area contributed by atoms with Gasteiger partial charge in [-0.05, 0) is 51.8 Å². The first-order chi connectivity index (χ1) is 12.2. The average molecular weight is 375 g/mol. The maximum atomic E-state index is 12.0. The van der Waals surface area contributed by atoms with Gasteiger partial charge in [0.05, 0.1) is 11.4 Å². The molecule has 7 nitrogen and oxygen atoms in total. The molecule has 2 aromatic heterocycles. The molecule has 8 heteroatoms. The molecular formula is C18H25N5O2S. The molecule has 3 rings (SSSR count). The van der Waals surface area contributed by atoms with Crippen LogP contribution in [-0.4, -0.2) is 34.9 Å². The molecule has 0 radical (unpaired) electrons. The zero-order valence-corrected chi connectivity index (χ0v) is 16.1. The maximum absolute atomic E-state index is 12.0. The monoisotopic (exact) mass is 375 g/mol. The average Bonchev–Trinajstić information content (AvgIpc) is 3.26. The lowest BCUT2D eigenvalue weighted by Gasteiger charge is -2.19. The summed E-state index contributed by atoms with van der Waals surface area (Å²) in [6.45, 7) is 5.44. The van der Waals surface area contributed by atoms with Crippen molar-refractivity contribution >= 4 is 27.7 Å². The minimum atomic E-state index is -3.36. The number of aromatic amines is 1. The van der Waals surface area contributed by atoms with Crippen molar-refractivity contribution in [3.8, 4) is 0 Å². The number of hydrogen-bond donors (Lipinski definition) is 3. The molecule has 0 aromatic carbocycles. The topological polar surface area (TPSA) is 99.8 Å². The number of H-pyrrole nitrogens is 1. The highest BCUT2D eigenvalue weighted by atomic mass is 32.2. The minimum absolute atomic E-state index is 0.0896. The van der Waals surface area contributed by atoms with Crippen molar-refractivity contribution in [3.05, 3.63) is 41.7 Å². The summed E-state index contributed by atoms with van der Waals surface area (Å²) in [6.07, 6.45) is 5.73. The van der Waals surface area contributed by atoms with E-state index in [0.717, 1.165) is 11.5 Å². The van der Waals surface area contributed by atoms with Crippen molar-refractivity contribution in [2.45, 2.75) is 45.1 Å². The molecule has 1 fully saturated rings. The van der Waals surface area contributed by atoms with E-state index in [1.165, 1.54) is 12.8 Å².